The van der Waals surface area contributed by atoms with E-state index in [0.717, 1.165) is 35.3 Å². The minimum absolute atomic E-state index is 0.382. The van der Waals surface area contributed by atoms with Crippen molar-refractivity contribution in [1.82, 2.24) is 0 Å². The number of Topliss-reactive ketones (excluding diaryl/α,β-unsaturated/α-hetero) is 1. The van der Waals surface area contributed by atoms with Crippen LogP contribution in [-0.2, 0) is 11.3 Å². The highest BCUT2D eigenvalue weighted by Gasteiger charge is 2.26. The second-order valence-electron chi connectivity index (χ2n) is 6.20. The van der Waals surface area contributed by atoms with Crippen LogP contribution < -0.4 is 9.64 Å². The average molecular weight is 388 g/mol. The summed E-state index contributed by atoms with van der Waals surface area (Å²) < 4.78 is 6.34. The van der Waals surface area contributed by atoms with Crippen LogP contribution in [0.1, 0.15) is 31.2 Å². The van der Waals surface area contributed by atoms with Gasteiger partial charge in [-0.15, -0.1) is 0 Å². The Morgan fingerprint density at radius 3 is 2.46 bits per heavy atom. The van der Waals surface area contributed by atoms with Crippen LogP contribution in [0.2, 0.25) is 0 Å². The van der Waals surface area contributed by atoms with Gasteiger partial charge in [0.2, 0.25) is 0 Å². The Morgan fingerprint density at radius 1 is 1.12 bits per heavy atom. The van der Waals surface area contributed by atoms with Crippen molar-refractivity contribution < 1.29 is 9.53 Å². The maximum Gasteiger partial charge on any atom is 0.133 e. The third kappa shape index (κ3) is 3.99. The zero-order chi connectivity index (χ0) is 16.9. The number of ketones is 1. The van der Waals surface area contributed by atoms with E-state index in [1.54, 1.807) is 7.11 Å². The zero-order valence-electron chi connectivity index (χ0n) is 13.9. The number of rotatable bonds is 5. The van der Waals surface area contributed by atoms with Gasteiger partial charge >= 0.3 is 0 Å². The quantitative estimate of drug-likeness (QED) is 0.724. The minimum Gasteiger partial charge on any atom is -0.497 e. The molecule has 0 bridgehead atoms. The fourth-order valence-electron chi connectivity index (χ4n) is 3.27. The molecule has 1 aliphatic rings. The topological polar surface area (TPSA) is 29.5 Å². The summed E-state index contributed by atoms with van der Waals surface area (Å²) in [4.78, 5) is 14.1. The van der Waals surface area contributed by atoms with Gasteiger partial charge in [-0.3, -0.25) is 4.79 Å². The van der Waals surface area contributed by atoms with Gasteiger partial charge in [0.25, 0.3) is 0 Å². The molecule has 126 valence electrons. The molecule has 0 aromatic heterocycles. The van der Waals surface area contributed by atoms with Crippen molar-refractivity contribution in [3.8, 4) is 5.75 Å². The molecule has 4 heteroatoms. The second kappa shape index (κ2) is 7.84. The first kappa shape index (κ1) is 17.0. The van der Waals surface area contributed by atoms with Crippen molar-refractivity contribution in [3.05, 3.63) is 58.6 Å². The molecule has 1 saturated carbocycles. The standard InChI is InChI=1S/C20H22BrNO2/c1-24-18-11-12-20(19(21)13-18)22(14-15-5-3-2-4-6-15)16-7-9-17(23)10-8-16/h2-6,11-13,16H,7-10,14H2,1H3. The Balaban J connectivity index is 1.90. The molecule has 1 fully saturated rings. The third-order valence-corrected chi connectivity index (χ3v) is 5.25. The summed E-state index contributed by atoms with van der Waals surface area (Å²) in [7, 11) is 1.68. The number of hydrogen-bond acceptors (Lipinski definition) is 3. The Kier molecular flexibility index (Phi) is 5.56. The van der Waals surface area contributed by atoms with Crippen LogP contribution in [0, 0.1) is 0 Å². The van der Waals surface area contributed by atoms with Crippen molar-refractivity contribution in [1.29, 1.82) is 0 Å². The summed E-state index contributed by atoms with van der Waals surface area (Å²) >= 11 is 3.69. The molecule has 0 radical (unpaired) electrons. The van der Waals surface area contributed by atoms with Crippen molar-refractivity contribution in [2.45, 2.75) is 38.3 Å². The Bertz CT molecular complexity index is 692. The van der Waals surface area contributed by atoms with Crippen molar-refractivity contribution in [2.75, 3.05) is 12.0 Å². The molecule has 3 nitrogen and oxygen atoms in total. The predicted octanol–water partition coefficient (Wildman–Crippen LogP) is 4.98. The van der Waals surface area contributed by atoms with E-state index >= 15 is 0 Å². The smallest absolute Gasteiger partial charge is 0.133 e. The number of nitrogens with zero attached hydrogens (tertiary/aromatic N) is 1. The lowest BCUT2D eigenvalue weighted by atomic mass is 9.92. The molecule has 24 heavy (non-hydrogen) atoms. The van der Waals surface area contributed by atoms with Gasteiger partial charge in [0.15, 0.2) is 0 Å². The molecule has 0 amide bonds. The Hall–Kier alpha value is -1.81. The molecular formula is C20H22BrNO2. The highest BCUT2D eigenvalue weighted by molar-refractivity contribution is 9.10. The van der Waals surface area contributed by atoms with Gasteiger partial charge in [-0.25, -0.2) is 0 Å². The summed E-state index contributed by atoms with van der Waals surface area (Å²) in [5.74, 6) is 1.23. The second-order valence-corrected chi connectivity index (χ2v) is 7.06. The molecule has 0 heterocycles. The van der Waals surface area contributed by atoms with E-state index in [4.69, 9.17) is 4.74 Å². The van der Waals surface area contributed by atoms with Gasteiger partial charge < -0.3 is 9.64 Å². The van der Waals surface area contributed by atoms with E-state index in [1.165, 1.54) is 5.56 Å². The van der Waals surface area contributed by atoms with Crippen LogP contribution in [0.5, 0.6) is 5.75 Å². The first-order chi connectivity index (χ1) is 11.7. The number of carbonyl (C=O) groups is 1. The fourth-order valence-corrected chi connectivity index (χ4v) is 3.86. The van der Waals surface area contributed by atoms with Gasteiger partial charge in [0.1, 0.15) is 11.5 Å². The first-order valence-electron chi connectivity index (χ1n) is 8.33. The number of hydrogen-bond donors (Lipinski definition) is 0. The largest absolute Gasteiger partial charge is 0.497 e. The van der Waals surface area contributed by atoms with E-state index in [0.29, 0.717) is 24.7 Å². The van der Waals surface area contributed by atoms with Gasteiger partial charge in [0.05, 0.1) is 12.8 Å². The molecule has 1 aliphatic carbocycles. The summed E-state index contributed by atoms with van der Waals surface area (Å²) in [5.41, 5.74) is 2.43. The van der Waals surface area contributed by atoms with Crippen molar-refractivity contribution in [2.24, 2.45) is 0 Å². The summed E-state index contributed by atoms with van der Waals surface area (Å²) in [6, 6.07) is 17.0. The highest BCUT2D eigenvalue weighted by atomic mass is 79.9. The van der Waals surface area contributed by atoms with E-state index in [1.807, 2.05) is 18.2 Å². The summed E-state index contributed by atoms with van der Waals surface area (Å²) in [5, 5.41) is 0. The number of anilines is 1. The molecule has 0 spiro atoms. The molecule has 3 rings (SSSR count). The first-order valence-corrected chi connectivity index (χ1v) is 9.12. The number of halogens is 1. The van der Waals surface area contributed by atoms with E-state index < -0.39 is 0 Å². The average Bonchev–Trinajstić information content (AvgIpc) is 2.62. The van der Waals surface area contributed by atoms with Crippen LogP contribution in [0.3, 0.4) is 0 Å². The predicted molar refractivity (Wildman–Crippen MR) is 101 cm³/mol. The molecule has 0 aliphatic heterocycles. The van der Waals surface area contributed by atoms with Crippen molar-refractivity contribution >= 4 is 27.4 Å². The third-order valence-electron chi connectivity index (χ3n) is 4.61. The lowest BCUT2D eigenvalue weighted by Gasteiger charge is -2.36. The molecule has 2 aromatic carbocycles. The molecular weight excluding hydrogens is 366 g/mol. The van der Waals surface area contributed by atoms with Crippen LogP contribution in [0.4, 0.5) is 5.69 Å². The Morgan fingerprint density at radius 2 is 1.83 bits per heavy atom. The highest BCUT2D eigenvalue weighted by Crippen LogP contribution is 2.35. The number of methoxy groups -OCH3 is 1. The minimum atomic E-state index is 0.382. The van der Waals surface area contributed by atoms with E-state index in [2.05, 4.69) is 51.2 Å². The zero-order valence-corrected chi connectivity index (χ0v) is 15.5. The van der Waals surface area contributed by atoms with E-state index in [9.17, 15) is 4.79 Å². The Labute approximate surface area is 151 Å². The summed E-state index contributed by atoms with van der Waals surface area (Å²) in [6.07, 6.45) is 3.21. The molecule has 0 saturated heterocycles. The number of benzene rings is 2. The summed E-state index contributed by atoms with van der Waals surface area (Å²) in [6.45, 7) is 0.838. The van der Waals surface area contributed by atoms with E-state index in [-0.39, 0.29) is 0 Å². The van der Waals surface area contributed by atoms with Crippen molar-refractivity contribution in [3.63, 3.8) is 0 Å². The maximum atomic E-state index is 11.6. The van der Waals surface area contributed by atoms with Gasteiger partial charge in [0, 0.05) is 29.9 Å². The SMILES string of the molecule is COc1ccc(N(Cc2ccccc2)C2CCC(=O)CC2)c(Br)c1. The van der Waals surface area contributed by atoms with Crippen LogP contribution in [0.15, 0.2) is 53.0 Å². The normalized spacial score (nSPS) is 15.3. The molecule has 0 unspecified atom stereocenters. The van der Waals surface area contributed by atoms with Gasteiger partial charge in [-0.1, -0.05) is 30.3 Å². The lowest BCUT2D eigenvalue weighted by molar-refractivity contribution is -0.120. The lowest BCUT2D eigenvalue weighted by Crippen LogP contribution is -2.38. The van der Waals surface area contributed by atoms with Crippen LogP contribution in [0.25, 0.3) is 0 Å². The molecule has 0 N–H and O–H groups in total. The van der Waals surface area contributed by atoms with Crippen LogP contribution >= 0.6 is 15.9 Å². The molecule has 0 atom stereocenters. The number of carbonyl (C=O) groups excluding carboxylic acids is 1. The monoisotopic (exact) mass is 387 g/mol. The van der Waals surface area contributed by atoms with Crippen LogP contribution in [-0.4, -0.2) is 18.9 Å². The maximum absolute atomic E-state index is 11.6. The fraction of sp³-hybridized carbons (Fsp3) is 0.350. The molecule has 2 aromatic rings. The van der Waals surface area contributed by atoms with Gasteiger partial charge in [-0.2, -0.15) is 0 Å². The van der Waals surface area contributed by atoms with Gasteiger partial charge in [-0.05, 0) is 52.5 Å². The number of ether oxygens (including phenoxy) is 1.